The van der Waals surface area contributed by atoms with Crippen molar-refractivity contribution >= 4 is 11.9 Å². The van der Waals surface area contributed by atoms with E-state index in [-0.39, 0.29) is 11.8 Å². The van der Waals surface area contributed by atoms with E-state index in [4.69, 9.17) is 0 Å². The molecule has 2 aliphatic rings. The predicted molar refractivity (Wildman–Crippen MR) is 83.9 cm³/mol. The first-order valence-corrected chi connectivity index (χ1v) is 8.16. The fourth-order valence-corrected chi connectivity index (χ4v) is 4.04. The summed E-state index contributed by atoms with van der Waals surface area (Å²) in [5, 5.41) is 9.66. The van der Waals surface area contributed by atoms with E-state index >= 15 is 0 Å². The minimum atomic E-state index is -0.784. The summed E-state index contributed by atoms with van der Waals surface area (Å²) in [6, 6.07) is 0. The van der Waals surface area contributed by atoms with Crippen molar-refractivity contribution in [2.45, 2.75) is 26.3 Å². The molecule has 0 aromatic carbocycles. The lowest BCUT2D eigenvalue weighted by Crippen LogP contribution is -2.41. The van der Waals surface area contributed by atoms with Crippen LogP contribution >= 0.6 is 0 Å². The van der Waals surface area contributed by atoms with Crippen molar-refractivity contribution < 1.29 is 14.7 Å². The number of aliphatic carboxylic acids is 1. The van der Waals surface area contributed by atoms with Gasteiger partial charge in [-0.05, 0) is 7.05 Å². The molecule has 7 heteroatoms. The van der Waals surface area contributed by atoms with Crippen molar-refractivity contribution in [2.75, 3.05) is 33.2 Å². The number of aryl methyl sites for hydroxylation is 2. The van der Waals surface area contributed by atoms with E-state index in [0.717, 1.165) is 18.8 Å². The third-order valence-corrected chi connectivity index (χ3v) is 5.24. The Balaban J connectivity index is 1.63. The van der Waals surface area contributed by atoms with Gasteiger partial charge in [-0.15, -0.1) is 0 Å². The quantitative estimate of drug-likeness (QED) is 0.845. The number of aromatic nitrogens is 2. The molecular formula is C16H24N4O3. The number of carbonyl (C=O) groups excluding carboxylic acids is 1. The van der Waals surface area contributed by atoms with Crippen LogP contribution in [0.3, 0.4) is 0 Å². The molecule has 7 nitrogen and oxygen atoms in total. The highest BCUT2D eigenvalue weighted by Gasteiger charge is 2.57. The molecule has 1 N–H and O–H groups in total. The molecule has 2 atom stereocenters. The fourth-order valence-electron chi connectivity index (χ4n) is 4.04. The van der Waals surface area contributed by atoms with Gasteiger partial charge in [0.1, 0.15) is 11.2 Å². The van der Waals surface area contributed by atoms with E-state index < -0.39 is 11.4 Å². The van der Waals surface area contributed by atoms with Crippen LogP contribution in [0.1, 0.15) is 19.2 Å². The van der Waals surface area contributed by atoms with Crippen LogP contribution < -0.4 is 0 Å². The second-order valence-corrected chi connectivity index (χ2v) is 6.77. The standard InChI is InChI=1S/C16H24N4O3/c1-3-13-17-5-7-19(13)6-4-14(21)20-9-12-8-18(2)10-16(12,11-20)15(22)23/h5,7,12H,3-4,6,8-11H2,1-2H3,(H,22,23)/t12-,16-/m0/s1. The Morgan fingerprint density at radius 1 is 1.39 bits per heavy atom. The number of hydrogen-bond acceptors (Lipinski definition) is 4. The zero-order valence-electron chi connectivity index (χ0n) is 13.7. The first kappa shape index (κ1) is 16.0. The second-order valence-electron chi connectivity index (χ2n) is 6.77. The fraction of sp³-hybridized carbons (Fsp3) is 0.688. The lowest BCUT2D eigenvalue weighted by molar-refractivity contribution is -0.149. The molecule has 2 aliphatic heterocycles. The number of nitrogens with zero attached hydrogens (tertiary/aromatic N) is 4. The Morgan fingerprint density at radius 2 is 2.17 bits per heavy atom. The van der Waals surface area contributed by atoms with E-state index in [1.54, 1.807) is 11.1 Å². The Morgan fingerprint density at radius 3 is 2.83 bits per heavy atom. The second kappa shape index (κ2) is 5.96. The number of imidazole rings is 1. The van der Waals surface area contributed by atoms with Crippen LogP contribution in [-0.2, 0) is 22.6 Å². The molecule has 3 rings (SSSR count). The van der Waals surface area contributed by atoms with Crippen LogP contribution in [0.15, 0.2) is 12.4 Å². The maximum atomic E-state index is 12.5. The molecular weight excluding hydrogens is 296 g/mol. The van der Waals surface area contributed by atoms with E-state index in [1.165, 1.54) is 0 Å². The molecule has 0 unspecified atom stereocenters. The highest BCUT2D eigenvalue weighted by atomic mass is 16.4. The first-order valence-electron chi connectivity index (χ1n) is 8.16. The van der Waals surface area contributed by atoms with Crippen molar-refractivity contribution in [1.29, 1.82) is 0 Å². The monoisotopic (exact) mass is 320 g/mol. The van der Waals surface area contributed by atoms with Crippen molar-refractivity contribution in [2.24, 2.45) is 11.3 Å². The zero-order valence-corrected chi connectivity index (χ0v) is 13.7. The minimum absolute atomic E-state index is 0.0356. The highest BCUT2D eigenvalue weighted by Crippen LogP contribution is 2.42. The summed E-state index contributed by atoms with van der Waals surface area (Å²) in [6.45, 7) is 4.80. The van der Waals surface area contributed by atoms with Gasteiger partial charge in [0.05, 0.1) is 0 Å². The molecule has 1 amide bonds. The van der Waals surface area contributed by atoms with Gasteiger partial charge in [0, 0.05) is 63.9 Å². The van der Waals surface area contributed by atoms with Gasteiger partial charge >= 0.3 is 5.97 Å². The largest absolute Gasteiger partial charge is 0.481 e. The van der Waals surface area contributed by atoms with Crippen molar-refractivity contribution in [3.63, 3.8) is 0 Å². The van der Waals surface area contributed by atoms with Crippen LogP contribution in [0.5, 0.6) is 0 Å². The number of carbonyl (C=O) groups is 2. The van der Waals surface area contributed by atoms with E-state index in [0.29, 0.717) is 32.6 Å². The van der Waals surface area contributed by atoms with E-state index in [9.17, 15) is 14.7 Å². The van der Waals surface area contributed by atoms with Crippen LogP contribution in [0.4, 0.5) is 0 Å². The summed E-state index contributed by atoms with van der Waals surface area (Å²) < 4.78 is 2.00. The smallest absolute Gasteiger partial charge is 0.313 e. The summed E-state index contributed by atoms with van der Waals surface area (Å²) in [5.74, 6) is 0.275. The van der Waals surface area contributed by atoms with Crippen LogP contribution in [0.25, 0.3) is 0 Å². The molecule has 2 fully saturated rings. The molecule has 23 heavy (non-hydrogen) atoms. The molecule has 0 bridgehead atoms. The molecule has 1 aromatic rings. The average Bonchev–Trinajstić information content (AvgIpc) is 3.16. The van der Waals surface area contributed by atoms with Gasteiger partial charge in [-0.25, -0.2) is 4.98 Å². The molecule has 1 aromatic heterocycles. The lowest BCUT2D eigenvalue weighted by atomic mass is 9.81. The van der Waals surface area contributed by atoms with Gasteiger partial charge in [0.2, 0.25) is 5.91 Å². The third kappa shape index (κ3) is 2.73. The Labute approximate surface area is 135 Å². The Kier molecular flexibility index (Phi) is 4.14. The normalized spacial score (nSPS) is 27.4. The van der Waals surface area contributed by atoms with E-state index in [1.807, 2.05) is 24.7 Å². The van der Waals surface area contributed by atoms with Crippen LogP contribution in [0, 0.1) is 11.3 Å². The molecule has 0 radical (unpaired) electrons. The lowest BCUT2D eigenvalue weighted by Gasteiger charge is -2.24. The predicted octanol–water partition coefficient (Wildman–Crippen LogP) is 0.310. The Bertz CT molecular complexity index is 614. The summed E-state index contributed by atoms with van der Waals surface area (Å²) in [5.41, 5.74) is -0.784. The average molecular weight is 320 g/mol. The summed E-state index contributed by atoms with van der Waals surface area (Å²) in [4.78, 5) is 32.3. The summed E-state index contributed by atoms with van der Waals surface area (Å²) in [7, 11) is 1.94. The number of carboxylic acids is 1. The number of amides is 1. The molecule has 0 aliphatic carbocycles. The maximum absolute atomic E-state index is 12.5. The van der Waals surface area contributed by atoms with Crippen molar-refractivity contribution in [3.05, 3.63) is 18.2 Å². The summed E-state index contributed by atoms with van der Waals surface area (Å²) >= 11 is 0. The number of likely N-dealkylation sites (tertiary alicyclic amines) is 2. The van der Waals surface area contributed by atoms with Crippen molar-refractivity contribution in [1.82, 2.24) is 19.4 Å². The van der Waals surface area contributed by atoms with Crippen LogP contribution in [-0.4, -0.2) is 69.6 Å². The highest BCUT2D eigenvalue weighted by molar-refractivity contribution is 5.81. The molecule has 2 saturated heterocycles. The molecule has 126 valence electrons. The van der Waals surface area contributed by atoms with Gasteiger partial charge in [0.15, 0.2) is 0 Å². The number of rotatable bonds is 5. The zero-order chi connectivity index (χ0) is 16.6. The van der Waals surface area contributed by atoms with Crippen LogP contribution in [0.2, 0.25) is 0 Å². The third-order valence-electron chi connectivity index (χ3n) is 5.24. The van der Waals surface area contributed by atoms with Gasteiger partial charge in [-0.3, -0.25) is 9.59 Å². The number of fused-ring (bicyclic) bond motifs is 1. The van der Waals surface area contributed by atoms with Gasteiger partial charge in [0.25, 0.3) is 0 Å². The maximum Gasteiger partial charge on any atom is 0.313 e. The number of hydrogen-bond donors (Lipinski definition) is 1. The number of carboxylic acid groups (broad SMARTS) is 1. The SMILES string of the molecule is CCc1nccn1CCC(=O)N1C[C@@H]2CN(C)C[C@]2(C(=O)O)C1. The summed E-state index contributed by atoms with van der Waals surface area (Å²) in [6.07, 6.45) is 4.86. The van der Waals surface area contributed by atoms with Gasteiger partial charge < -0.3 is 19.5 Å². The van der Waals surface area contributed by atoms with Crippen molar-refractivity contribution in [3.8, 4) is 0 Å². The molecule has 0 saturated carbocycles. The molecule has 3 heterocycles. The topological polar surface area (TPSA) is 78.7 Å². The van der Waals surface area contributed by atoms with Gasteiger partial charge in [-0.2, -0.15) is 0 Å². The minimum Gasteiger partial charge on any atom is -0.481 e. The Hall–Kier alpha value is -1.89. The van der Waals surface area contributed by atoms with Gasteiger partial charge in [-0.1, -0.05) is 6.92 Å². The first-order chi connectivity index (χ1) is 11.0. The van der Waals surface area contributed by atoms with E-state index in [2.05, 4.69) is 9.88 Å². The molecule has 0 spiro atoms.